The number of nitrogens with zero attached hydrogens (tertiary/aromatic N) is 2. The van der Waals surface area contributed by atoms with E-state index in [1.807, 2.05) is 13.1 Å². The van der Waals surface area contributed by atoms with E-state index < -0.39 is 12.8 Å². The first-order valence-corrected chi connectivity index (χ1v) is 6.99. The lowest BCUT2D eigenvalue weighted by Crippen LogP contribution is -2.35. The summed E-state index contributed by atoms with van der Waals surface area (Å²) in [5.74, 6) is 0. The molecule has 7 heteroatoms. The Morgan fingerprint density at radius 3 is 2.52 bits per heavy atom. The first-order chi connectivity index (χ1) is 9.57. The zero-order valence-corrected chi connectivity index (χ0v) is 13.0. The van der Waals surface area contributed by atoms with Crippen LogP contribution in [0.25, 0.3) is 0 Å². The van der Waals surface area contributed by atoms with E-state index in [0.29, 0.717) is 13.0 Å². The normalized spacial score (nSPS) is 12.9. The average molecular weight is 307 g/mol. The molecule has 0 amide bonds. The molecule has 0 unspecified atom stereocenters. The molecule has 0 aromatic carbocycles. The van der Waals surface area contributed by atoms with Gasteiger partial charge < -0.3 is 10.1 Å². The molecule has 21 heavy (non-hydrogen) atoms. The highest BCUT2D eigenvalue weighted by Gasteiger charge is 2.27. The van der Waals surface area contributed by atoms with Crippen LogP contribution in [-0.2, 0) is 17.8 Å². The summed E-state index contributed by atoms with van der Waals surface area (Å²) in [4.78, 5) is 0. The van der Waals surface area contributed by atoms with Crippen molar-refractivity contribution in [3.63, 3.8) is 0 Å². The Morgan fingerprint density at radius 2 is 1.95 bits per heavy atom. The lowest BCUT2D eigenvalue weighted by molar-refractivity contribution is -0.174. The Balaban J connectivity index is 2.33. The van der Waals surface area contributed by atoms with Crippen molar-refractivity contribution >= 4 is 0 Å². The van der Waals surface area contributed by atoms with Crippen LogP contribution in [0, 0.1) is 6.92 Å². The first-order valence-electron chi connectivity index (χ1n) is 6.99. The van der Waals surface area contributed by atoms with Crippen molar-refractivity contribution in [2.45, 2.75) is 58.9 Å². The van der Waals surface area contributed by atoms with Crippen molar-refractivity contribution in [1.82, 2.24) is 15.1 Å². The third kappa shape index (κ3) is 8.06. The van der Waals surface area contributed by atoms with Gasteiger partial charge >= 0.3 is 6.18 Å². The van der Waals surface area contributed by atoms with Gasteiger partial charge in [-0.05, 0) is 34.1 Å². The van der Waals surface area contributed by atoms with Crippen LogP contribution in [0.3, 0.4) is 0 Å². The number of nitrogens with one attached hydrogen (secondary N) is 1. The van der Waals surface area contributed by atoms with Crippen molar-refractivity contribution in [2.75, 3.05) is 13.2 Å². The van der Waals surface area contributed by atoms with E-state index in [2.05, 4.69) is 35.9 Å². The minimum atomic E-state index is -4.26. The molecule has 1 aromatic rings. The molecule has 1 N–H and O–H groups in total. The van der Waals surface area contributed by atoms with Crippen LogP contribution in [0.5, 0.6) is 0 Å². The summed E-state index contributed by atoms with van der Waals surface area (Å²) < 4.78 is 42.0. The second kappa shape index (κ2) is 7.26. The predicted molar refractivity (Wildman–Crippen MR) is 75.0 cm³/mol. The van der Waals surface area contributed by atoms with Gasteiger partial charge in [-0.25, -0.2) is 0 Å². The van der Waals surface area contributed by atoms with Crippen LogP contribution in [0.1, 0.15) is 38.4 Å². The number of rotatable bonds is 7. The van der Waals surface area contributed by atoms with E-state index in [4.69, 9.17) is 0 Å². The molecular weight excluding hydrogens is 283 g/mol. The molecule has 0 aliphatic carbocycles. The molecule has 0 bridgehead atoms. The lowest BCUT2D eigenvalue weighted by Gasteiger charge is -2.20. The summed E-state index contributed by atoms with van der Waals surface area (Å²) in [7, 11) is 0. The summed E-state index contributed by atoms with van der Waals surface area (Å²) in [6, 6.07) is 0. The fraction of sp³-hybridized carbons (Fsp3) is 0.786. The van der Waals surface area contributed by atoms with E-state index in [0.717, 1.165) is 17.8 Å². The molecule has 0 atom stereocenters. The number of hydrogen-bond donors (Lipinski definition) is 1. The lowest BCUT2D eigenvalue weighted by atomic mass is 10.1. The summed E-state index contributed by atoms with van der Waals surface area (Å²) in [5.41, 5.74) is 2.06. The molecule has 122 valence electrons. The third-order valence-corrected chi connectivity index (χ3v) is 2.80. The largest absolute Gasteiger partial charge is 0.411 e. The molecule has 0 aliphatic heterocycles. The van der Waals surface area contributed by atoms with Gasteiger partial charge in [-0.1, -0.05) is 0 Å². The Morgan fingerprint density at radius 1 is 1.29 bits per heavy atom. The number of alkyl halides is 3. The number of ether oxygens (including phenoxy) is 1. The van der Waals surface area contributed by atoms with Crippen molar-refractivity contribution in [3.05, 3.63) is 17.5 Å². The smallest absolute Gasteiger partial charge is 0.372 e. The van der Waals surface area contributed by atoms with Crippen molar-refractivity contribution in [1.29, 1.82) is 0 Å². The van der Waals surface area contributed by atoms with E-state index >= 15 is 0 Å². The first kappa shape index (κ1) is 18.0. The van der Waals surface area contributed by atoms with Gasteiger partial charge in [0.25, 0.3) is 0 Å². The predicted octanol–water partition coefficient (Wildman–Crippen LogP) is 3.05. The topological polar surface area (TPSA) is 39.1 Å². The minimum absolute atomic E-state index is 0.0278. The van der Waals surface area contributed by atoms with E-state index in [1.54, 1.807) is 4.68 Å². The second-order valence-corrected chi connectivity index (χ2v) is 6.13. The Kier molecular flexibility index (Phi) is 6.22. The van der Waals surface area contributed by atoms with Gasteiger partial charge in [0.15, 0.2) is 0 Å². The maximum absolute atomic E-state index is 11.9. The molecule has 1 heterocycles. The monoisotopic (exact) mass is 307 g/mol. The second-order valence-electron chi connectivity index (χ2n) is 6.13. The number of aromatic nitrogens is 2. The molecule has 1 rings (SSSR count). The van der Waals surface area contributed by atoms with Gasteiger partial charge in [0.2, 0.25) is 0 Å². The Labute approximate surface area is 123 Å². The van der Waals surface area contributed by atoms with Gasteiger partial charge in [0.05, 0.1) is 5.69 Å². The van der Waals surface area contributed by atoms with Crippen LogP contribution in [-0.4, -0.2) is 34.7 Å². The molecule has 4 nitrogen and oxygen atoms in total. The van der Waals surface area contributed by atoms with Crippen LogP contribution < -0.4 is 5.32 Å². The summed E-state index contributed by atoms with van der Waals surface area (Å²) >= 11 is 0. The van der Waals surface area contributed by atoms with E-state index in [9.17, 15) is 13.2 Å². The molecule has 0 saturated heterocycles. The van der Waals surface area contributed by atoms with Crippen molar-refractivity contribution in [3.8, 4) is 0 Å². The molecule has 0 radical (unpaired) electrons. The minimum Gasteiger partial charge on any atom is -0.372 e. The molecule has 0 fully saturated rings. The highest BCUT2D eigenvalue weighted by Crippen LogP contribution is 2.14. The highest BCUT2D eigenvalue weighted by atomic mass is 19.4. The fourth-order valence-electron chi connectivity index (χ4n) is 1.72. The molecule has 1 aromatic heterocycles. The highest BCUT2D eigenvalue weighted by molar-refractivity contribution is 5.15. The molecule has 0 saturated carbocycles. The Bertz CT molecular complexity index is 436. The van der Waals surface area contributed by atoms with E-state index in [-0.39, 0.29) is 12.1 Å². The maximum atomic E-state index is 11.9. The van der Waals surface area contributed by atoms with Crippen LogP contribution in [0.15, 0.2) is 6.20 Å². The third-order valence-electron chi connectivity index (χ3n) is 2.80. The van der Waals surface area contributed by atoms with Crippen LogP contribution >= 0.6 is 0 Å². The summed E-state index contributed by atoms with van der Waals surface area (Å²) in [6.45, 7) is 8.35. The number of hydrogen-bond acceptors (Lipinski definition) is 3. The number of halogens is 3. The molecule has 0 spiro atoms. The zero-order chi connectivity index (χ0) is 16.1. The SMILES string of the molecule is Cc1nn(CCCOCC(F)(F)F)cc1CNC(C)(C)C. The number of aryl methyl sites for hydroxylation is 2. The molecular formula is C14H24F3N3O. The van der Waals surface area contributed by atoms with Gasteiger partial charge in [-0.3, -0.25) is 4.68 Å². The van der Waals surface area contributed by atoms with Gasteiger partial charge in [0, 0.05) is 37.0 Å². The van der Waals surface area contributed by atoms with Crippen LogP contribution in [0.4, 0.5) is 13.2 Å². The summed E-state index contributed by atoms with van der Waals surface area (Å²) in [6.07, 6.45) is -1.82. The fourth-order valence-corrected chi connectivity index (χ4v) is 1.72. The van der Waals surface area contributed by atoms with Gasteiger partial charge in [-0.15, -0.1) is 0 Å². The Hall–Kier alpha value is -1.08. The average Bonchev–Trinajstić information content (AvgIpc) is 2.64. The summed E-state index contributed by atoms with van der Waals surface area (Å²) in [5, 5.41) is 7.74. The quantitative estimate of drug-likeness (QED) is 0.787. The van der Waals surface area contributed by atoms with Gasteiger partial charge in [0.1, 0.15) is 6.61 Å². The van der Waals surface area contributed by atoms with E-state index in [1.165, 1.54) is 0 Å². The zero-order valence-electron chi connectivity index (χ0n) is 13.0. The van der Waals surface area contributed by atoms with Gasteiger partial charge in [-0.2, -0.15) is 18.3 Å². The van der Waals surface area contributed by atoms with Crippen LogP contribution in [0.2, 0.25) is 0 Å². The standard InChI is InChI=1S/C14H24F3N3O/c1-11-12(8-18-13(2,3)4)9-20(19-11)6-5-7-21-10-14(15,16)17/h9,18H,5-8,10H2,1-4H3. The molecule has 0 aliphatic rings. The van der Waals surface area contributed by atoms with Crippen molar-refractivity contribution < 1.29 is 17.9 Å². The van der Waals surface area contributed by atoms with Crippen molar-refractivity contribution in [2.24, 2.45) is 0 Å². The maximum Gasteiger partial charge on any atom is 0.411 e.